The van der Waals surface area contributed by atoms with Crippen LogP contribution in [-0.2, 0) is 0 Å². The zero-order chi connectivity index (χ0) is 20.0. The van der Waals surface area contributed by atoms with E-state index in [4.69, 9.17) is 11.6 Å². The molecule has 2 aromatic heterocycles. The maximum absolute atomic E-state index is 15.0. The highest BCUT2D eigenvalue weighted by Crippen LogP contribution is 2.42. The van der Waals surface area contributed by atoms with Gasteiger partial charge in [0.05, 0.1) is 16.1 Å². The predicted molar refractivity (Wildman–Crippen MR) is 113 cm³/mol. The molecule has 4 rings (SSSR count). The van der Waals surface area contributed by atoms with Crippen LogP contribution < -0.4 is 0 Å². The number of hydrogen-bond acceptors (Lipinski definition) is 3. The maximum Gasteiger partial charge on any atom is 0.335 e. The molecule has 1 N–H and O–H groups in total. The first kappa shape index (κ1) is 19.1. The third-order valence-electron chi connectivity index (χ3n) is 4.45. The number of aryl methyl sites for hydroxylation is 1. The van der Waals surface area contributed by atoms with Crippen LogP contribution >= 0.6 is 34.7 Å². The molecule has 0 radical (unpaired) electrons. The first-order valence-corrected chi connectivity index (χ1v) is 10.4. The molecule has 0 atom stereocenters. The summed E-state index contributed by atoms with van der Waals surface area (Å²) in [5, 5.41) is 11.0. The molecule has 4 aromatic rings. The summed E-state index contributed by atoms with van der Waals surface area (Å²) in [4.78, 5) is 14.1. The molecular formula is C21H15ClFNO2S2. The molecule has 0 saturated carbocycles. The molecule has 7 heteroatoms. The normalized spacial score (nSPS) is 11.3. The first-order valence-electron chi connectivity index (χ1n) is 8.44. The zero-order valence-electron chi connectivity index (χ0n) is 15.0. The molecule has 2 heterocycles. The summed E-state index contributed by atoms with van der Waals surface area (Å²) in [5.74, 6) is -1.44. The van der Waals surface area contributed by atoms with E-state index in [1.807, 2.05) is 42.7 Å². The van der Waals surface area contributed by atoms with E-state index in [2.05, 4.69) is 0 Å². The van der Waals surface area contributed by atoms with Crippen molar-refractivity contribution < 1.29 is 14.3 Å². The molecule has 0 unspecified atom stereocenters. The number of benzene rings is 2. The quantitative estimate of drug-likeness (QED) is 0.380. The van der Waals surface area contributed by atoms with Crippen LogP contribution in [0.1, 0.15) is 20.9 Å². The molecule has 3 nitrogen and oxygen atoms in total. The molecule has 0 bridgehead atoms. The van der Waals surface area contributed by atoms with E-state index < -0.39 is 11.8 Å². The van der Waals surface area contributed by atoms with E-state index in [1.165, 1.54) is 11.8 Å². The molecule has 0 fully saturated rings. The van der Waals surface area contributed by atoms with Gasteiger partial charge in [0.25, 0.3) is 0 Å². The van der Waals surface area contributed by atoms with Crippen LogP contribution in [-0.4, -0.2) is 15.6 Å². The molecule has 142 valence electrons. The predicted octanol–water partition coefficient (Wildman–Crippen LogP) is 6.95. The average molecular weight is 432 g/mol. The topological polar surface area (TPSA) is 42.2 Å². The molecule has 0 spiro atoms. The molecular weight excluding hydrogens is 417 g/mol. The van der Waals surface area contributed by atoms with Crippen LogP contribution in [0, 0.1) is 19.7 Å². The summed E-state index contributed by atoms with van der Waals surface area (Å²) in [6.45, 7) is 3.94. The van der Waals surface area contributed by atoms with Gasteiger partial charge >= 0.3 is 5.97 Å². The SMILES string of the molecule is Cc1ccc(-n2c(C)c(Sc3cccc(C(=O)O)c3)c3ccc(Cl)c(F)c32)s1. The summed E-state index contributed by atoms with van der Waals surface area (Å²) in [7, 11) is 0. The molecule has 0 aliphatic carbocycles. The minimum Gasteiger partial charge on any atom is -0.478 e. The number of thiophene rings is 1. The lowest BCUT2D eigenvalue weighted by atomic mass is 10.2. The lowest BCUT2D eigenvalue weighted by Crippen LogP contribution is -1.96. The number of hydrogen-bond donors (Lipinski definition) is 1. The van der Waals surface area contributed by atoms with Gasteiger partial charge in [0.15, 0.2) is 5.82 Å². The van der Waals surface area contributed by atoms with Gasteiger partial charge in [-0.1, -0.05) is 29.4 Å². The summed E-state index contributed by atoms with van der Waals surface area (Å²) < 4.78 is 16.9. The summed E-state index contributed by atoms with van der Waals surface area (Å²) in [6, 6.07) is 14.1. The van der Waals surface area contributed by atoms with E-state index in [0.717, 1.165) is 30.7 Å². The fourth-order valence-corrected chi connectivity index (χ4v) is 5.32. The van der Waals surface area contributed by atoms with Crippen molar-refractivity contribution in [1.29, 1.82) is 0 Å². The van der Waals surface area contributed by atoms with Gasteiger partial charge in [-0.25, -0.2) is 9.18 Å². The van der Waals surface area contributed by atoms with Crippen LogP contribution in [0.2, 0.25) is 5.02 Å². The van der Waals surface area contributed by atoms with Crippen LogP contribution in [0.15, 0.2) is 58.3 Å². The molecule has 0 amide bonds. The van der Waals surface area contributed by atoms with E-state index in [9.17, 15) is 9.90 Å². The van der Waals surface area contributed by atoms with Gasteiger partial charge in [-0.2, -0.15) is 0 Å². The Labute approximate surface area is 174 Å². The van der Waals surface area contributed by atoms with Crippen LogP contribution in [0.25, 0.3) is 15.9 Å². The smallest absolute Gasteiger partial charge is 0.335 e. The van der Waals surface area contributed by atoms with Crippen LogP contribution in [0.4, 0.5) is 4.39 Å². The average Bonchev–Trinajstić information content (AvgIpc) is 3.20. The monoisotopic (exact) mass is 431 g/mol. The highest BCUT2D eigenvalue weighted by Gasteiger charge is 2.22. The Morgan fingerprint density at radius 1 is 1.18 bits per heavy atom. The van der Waals surface area contributed by atoms with Crippen molar-refractivity contribution in [1.82, 2.24) is 4.57 Å². The number of aromatic nitrogens is 1. The fraction of sp³-hybridized carbons (Fsp3) is 0.0952. The molecule has 0 aliphatic rings. The number of rotatable bonds is 4. The van der Waals surface area contributed by atoms with Crippen LogP contribution in [0.3, 0.4) is 0 Å². The number of aromatic carboxylic acids is 1. The summed E-state index contributed by atoms with van der Waals surface area (Å²) >= 11 is 9.07. The van der Waals surface area contributed by atoms with E-state index in [0.29, 0.717) is 5.52 Å². The zero-order valence-corrected chi connectivity index (χ0v) is 17.4. The van der Waals surface area contributed by atoms with E-state index >= 15 is 4.39 Å². The third kappa shape index (κ3) is 3.21. The minimum atomic E-state index is -0.978. The van der Waals surface area contributed by atoms with Crippen molar-refractivity contribution in [3.05, 3.63) is 75.5 Å². The lowest BCUT2D eigenvalue weighted by Gasteiger charge is -2.07. The van der Waals surface area contributed by atoms with Crippen LogP contribution in [0.5, 0.6) is 0 Å². The van der Waals surface area contributed by atoms with Crippen molar-refractivity contribution in [2.24, 2.45) is 0 Å². The second kappa shape index (κ2) is 7.28. The highest BCUT2D eigenvalue weighted by atomic mass is 35.5. The van der Waals surface area contributed by atoms with Gasteiger partial charge < -0.3 is 9.67 Å². The molecule has 28 heavy (non-hydrogen) atoms. The molecule has 0 saturated heterocycles. The number of carbonyl (C=O) groups is 1. The van der Waals surface area contributed by atoms with Crippen molar-refractivity contribution in [3.8, 4) is 5.00 Å². The number of carboxylic acids is 1. The van der Waals surface area contributed by atoms with Gasteiger partial charge in [-0.05, 0) is 56.3 Å². The highest BCUT2D eigenvalue weighted by molar-refractivity contribution is 7.99. The van der Waals surface area contributed by atoms with Crippen molar-refractivity contribution >= 4 is 51.6 Å². The largest absolute Gasteiger partial charge is 0.478 e. The number of carboxylic acid groups (broad SMARTS) is 1. The fourth-order valence-electron chi connectivity index (χ4n) is 3.16. The standard InChI is InChI=1S/C21H15ClFNO2S2/c1-11-6-9-17(27-11)24-12(2)20(15-7-8-16(22)18(23)19(15)24)28-14-5-3-4-13(10-14)21(25)26/h3-10H,1-2H3,(H,25,26). The van der Waals surface area contributed by atoms with Gasteiger partial charge in [-0.3, -0.25) is 0 Å². The Morgan fingerprint density at radius 3 is 2.64 bits per heavy atom. The Morgan fingerprint density at radius 2 is 1.96 bits per heavy atom. The third-order valence-corrected chi connectivity index (χ3v) is 6.94. The molecule has 0 aliphatic heterocycles. The van der Waals surface area contributed by atoms with Gasteiger partial charge in [0.2, 0.25) is 0 Å². The first-order chi connectivity index (χ1) is 13.4. The second-order valence-corrected chi connectivity index (χ2v) is 9.08. The Hall–Kier alpha value is -2.28. The summed E-state index contributed by atoms with van der Waals surface area (Å²) in [6.07, 6.45) is 0. The van der Waals surface area contributed by atoms with Gasteiger partial charge in [-0.15, -0.1) is 11.3 Å². The number of fused-ring (bicyclic) bond motifs is 1. The van der Waals surface area contributed by atoms with E-state index in [-0.39, 0.29) is 10.6 Å². The van der Waals surface area contributed by atoms with Crippen molar-refractivity contribution in [3.63, 3.8) is 0 Å². The van der Waals surface area contributed by atoms with Crippen molar-refractivity contribution in [2.75, 3.05) is 0 Å². The second-order valence-electron chi connectivity index (χ2n) is 6.33. The van der Waals surface area contributed by atoms with Gasteiger partial charge in [0, 0.05) is 25.7 Å². The maximum atomic E-state index is 15.0. The van der Waals surface area contributed by atoms with Crippen molar-refractivity contribution in [2.45, 2.75) is 23.6 Å². The Balaban J connectivity index is 1.95. The number of halogens is 2. The Kier molecular flexibility index (Phi) is 4.95. The number of nitrogens with zero attached hydrogens (tertiary/aromatic N) is 1. The Bertz CT molecular complexity index is 1230. The molecule has 2 aromatic carbocycles. The lowest BCUT2D eigenvalue weighted by molar-refractivity contribution is 0.0696. The van der Waals surface area contributed by atoms with Gasteiger partial charge in [0.1, 0.15) is 5.00 Å². The van der Waals surface area contributed by atoms with E-state index in [1.54, 1.807) is 35.6 Å². The summed E-state index contributed by atoms with van der Waals surface area (Å²) in [5.41, 5.74) is 1.53. The minimum absolute atomic E-state index is 0.0731.